The number of aromatic hydroxyl groups is 1. The number of aryl methyl sites for hydroxylation is 1. The Bertz CT molecular complexity index is 858. The van der Waals surface area contributed by atoms with Crippen LogP contribution < -0.4 is 0 Å². The van der Waals surface area contributed by atoms with E-state index in [1.54, 1.807) is 6.07 Å². The Labute approximate surface area is 167 Å². The maximum Gasteiger partial charge on any atom is 0.115 e. The summed E-state index contributed by atoms with van der Waals surface area (Å²) in [5.74, 6) is 0.369. The Morgan fingerprint density at radius 3 is 2.50 bits per heavy atom. The van der Waals surface area contributed by atoms with Gasteiger partial charge in [-0.05, 0) is 67.1 Å². The molecule has 1 atom stereocenters. The highest BCUT2D eigenvalue weighted by molar-refractivity contribution is 5.27. The summed E-state index contributed by atoms with van der Waals surface area (Å²) in [6, 6.07) is 19.3. The lowest BCUT2D eigenvalue weighted by molar-refractivity contribution is 0.132. The number of phenols is 1. The molecule has 4 heteroatoms. The van der Waals surface area contributed by atoms with Gasteiger partial charge in [-0.1, -0.05) is 42.8 Å². The van der Waals surface area contributed by atoms with Crippen molar-refractivity contribution in [2.24, 2.45) is 0 Å². The van der Waals surface area contributed by atoms with Gasteiger partial charge in [0, 0.05) is 25.0 Å². The summed E-state index contributed by atoms with van der Waals surface area (Å²) in [7, 11) is 0. The van der Waals surface area contributed by atoms with Crippen LogP contribution in [0.25, 0.3) is 0 Å². The van der Waals surface area contributed by atoms with Gasteiger partial charge in [0.05, 0.1) is 6.54 Å². The van der Waals surface area contributed by atoms with Crippen LogP contribution in [0.4, 0.5) is 0 Å². The second-order valence-electron chi connectivity index (χ2n) is 7.85. The summed E-state index contributed by atoms with van der Waals surface area (Å²) in [4.78, 5) is 2.65. The van der Waals surface area contributed by atoms with Crippen LogP contribution in [0, 0.1) is 0 Å². The monoisotopic (exact) mass is 375 g/mol. The van der Waals surface area contributed by atoms with Crippen LogP contribution in [0.2, 0.25) is 0 Å². The summed E-state index contributed by atoms with van der Waals surface area (Å²) in [5.41, 5.74) is 3.90. The van der Waals surface area contributed by atoms with Gasteiger partial charge in [0.1, 0.15) is 5.75 Å². The zero-order chi connectivity index (χ0) is 19.2. The van der Waals surface area contributed by atoms with E-state index in [2.05, 4.69) is 40.3 Å². The van der Waals surface area contributed by atoms with Gasteiger partial charge in [-0.15, -0.1) is 0 Å². The van der Waals surface area contributed by atoms with E-state index in [4.69, 9.17) is 0 Å². The first-order chi connectivity index (χ1) is 13.8. The molecule has 3 aromatic rings. The number of aromatic nitrogens is 2. The van der Waals surface area contributed by atoms with Crippen molar-refractivity contribution in [2.45, 2.75) is 51.2 Å². The summed E-state index contributed by atoms with van der Waals surface area (Å²) in [6.07, 6.45) is 9.89. The molecule has 0 radical (unpaired) electrons. The fourth-order valence-corrected chi connectivity index (χ4v) is 4.21. The van der Waals surface area contributed by atoms with E-state index >= 15 is 0 Å². The predicted molar refractivity (Wildman–Crippen MR) is 112 cm³/mol. The third-order valence-corrected chi connectivity index (χ3v) is 5.74. The SMILES string of the molecule is Oc1cccc(CCC2CCCCN2Cc2ccc(Cn3cccn3)cc2)c1. The van der Waals surface area contributed by atoms with E-state index in [0.29, 0.717) is 11.8 Å². The molecule has 0 saturated carbocycles. The first kappa shape index (κ1) is 18.8. The number of benzene rings is 2. The van der Waals surface area contributed by atoms with Gasteiger partial charge in [-0.2, -0.15) is 5.10 Å². The zero-order valence-electron chi connectivity index (χ0n) is 16.4. The number of phenolic OH excluding ortho intramolecular Hbond substituents is 1. The van der Waals surface area contributed by atoms with Gasteiger partial charge >= 0.3 is 0 Å². The summed E-state index contributed by atoms with van der Waals surface area (Å²) >= 11 is 0. The molecule has 0 amide bonds. The molecule has 1 aliphatic rings. The van der Waals surface area contributed by atoms with Crippen molar-refractivity contribution >= 4 is 0 Å². The molecular weight excluding hydrogens is 346 g/mol. The van der Waals surface area contributed by atoms with E-state index in [1.807, 2.05) is 35.3 Å². The minimum absolute atomic E-state index is 0.369. The molecule has 4 nitrogen and oxygen atoms in total. The first-order valence-electron chi connectivity index (χ1n) is 10.3. The van der Waals surface area contributed by atoms with E-state index in [-0.39, 0.29) is 0 Å². The second kappa shape index (κ2) is 9.07. The first-order valence-corrected chi connectivity index (χ1v) is 10.3. The van der Waals surface area contributed by atoms with Crippen molar-refractivity contribution < 1.29 is 5.11 Å². The average molecular weight is 376 g/mol. The Morgan fingerprint density at radius 1 is 0.929 bits per heavy atom. The maximum atomic E-state index is 9.68. The van der Waals surface area contributed by atoms with Crippen LogP contribution in [-0.4, -0.2) is 32.4 Å². The largest absolute Gasteiger partial charge is 0.508 e. The van der Waals surface area contributed by atoms with Crippen LogP contribution in [0.5, 0.6) is 5.75 Å². The van der Waals surface area contributed by atoms with E-state index in [0.717, 1.165) is 25.9 Å². The number of nitrogens with zero attached hydrogens (tertiary/aromatic N) is 3. The molecule has 2 aromatic carbocycles. The number of hydrogen-bond acceptors (Lipinski definition) is 3. The molecule has 1 aliphatic heterocycles. The molecule has 1 fully saturated rings. The fraction of sp³-hybridized carbons (Fsp3) is 0.375. The minimum atomic E-state index is 0.369. The quantitative estimate of drug-likeness (QED) is 0.655. The van der Waals surface area contributed by atoms with Crippen LogP contribution in [0.15, 0.2) is 67.0 Å². The van der Waals surface area contributed by atoms with Crippen LogP contribution in [0.1, 0.15) is 42.4 Å². The highest BCUT2D eigenvalue weighted by Gasteiger charge is 2.22. The lowest BCUT2D eigenvalue weighted by atomic mass is 9.95. The van der Waals surface area contributed by atoms with Gasteiger partial charge in [0.2, 0.25) is 0 Å². The van der Waals surface area contributed by atoms with E-state index in [1.165, 1.54) is 42.5 Å². The molecule has 1 aromatic heterocycles. The molecule has 0 aliphatic carbocycles. The lowest BCUT2D eigenvalue weighted by Crippen LogP contribution is -2.39. The summed E-state index contributed by atoms with van der Waals surface area (Å²) < 4.78 is 1.96. The lowest BCUT2D eigenvalue weighted by Gasteiger charge is -2.36. The molecule has 0 bridgehead atoms. The van der Waals surface area contributed by atoms with E-state index in [9.17, 15) is 5.11 Å². The molecule has 1 N–H and O–H groups in total. The molecule has 146 valence electrons. The molecule has 0 spiro atoms. The number of piperidine rings is 1. The highest BCUT2D eigenvalue weighted by atomic mass is 16.3. The second-order valence-corrected chi connectivity index (χ2v) is 7.85. The average Bonchev–Trinajstić information content (AvgIpc) is 3.22. The van der Waals surface area contributed by atoms with Crippen molar-refractivity contribution in [3.63, 3.8) is 0 Å². The van der Waals surface area contributed by atoms with Crippen LogP contribution in [0.3, 0.4) is 0 Å². The fourth-order valence-electron chi connectivity index (χ4n) is 4.21. The smallest absolute Gasteiger partial charge is 0.115 e. The van der Waals surface area contributed by atoms with Crippen molar-refractivity contribution in [3.05, 3.63) is 83.7 Å². The normalized spacial score (nSPS) is 17.6. The third kappa shape index (κ3) is 5.02. The topological polar surface area (TPSA) is 41.3 Å². The zero-order valence-corrected chi connectivity index (χ0v) is 16.4. The Hall–Kier alpha value is -2.59. The number of hydrogen-bond donors (Lipinski definition) is 1. The van der Waals surface area contributed by atoms with Crippen LogP contribution in [-0.2, 0) is 19.5 Å². The molecular formula is C24H29N3O. The van der Waals surface area contributed by atoms with Crippen LogP contribution >= 0.6 is 0 Å². The van der Waals surface area contributed by atoms with E-state index < -0.39 is 0 Å². The summed E-state index contributed by atoms with van der Waals surface area (Å²) in [5, 5.41) is 14.0. The molecule has 28 heavy (non-hydrogen) atoms. The van der Waals surface area contributed by atoms with Crippen molar-refractivity contribution in [3.8, 4) is 5.75 Å². The van der Waals surface area contributed by atoms with Gasteiger partial charge in [-0.25, -0.2) is 0 Å². The molecule has 1 saturated heterocycles. The minimum Gasteiger partial charge on any atom is -0.508 e. The highest BCUT2D eigenvalue weighted by Crippen LogP contribution is 2.24. The Balaban J connectivity index is 1.35. The number of rotatable bonds is 7. The van der Waals surface area contributed by atoms with Crippen molar-refractivity contribution in [2.75, 3.05) is 6.54 Å². The predicted octanol–water partition coefficient (Wildman–Crippen LogP) is 4.62. The molecule has 1 unspecified atom stereocenters. The standard InChI is InChI=1S/C24H29N3O/c28-24-7-3-5-20(17-24)12-13-23-6-1-2-15-26(23)18-21-8-10-22(11-9-21)19-27-16-4-14-25-27/h3-5,7-11,14,16-17,23,28H,1-2,6,12-13,15,18-19H2. The Kier molecular flexibility index (Phi) is 6.07. The maximum absolute atomic E-state index is 9.68. The van der Waals surface area contributed by atoms with Gasteiger partial charge in [0.15, 0.2) is 0 Å². The Morgan fingerprint density at radius 2 is 1.75 bits per heavy atom. The molecule has 2 heterocycles. The van der Waals surface area contributed by atoms with Gasteiger partial charge < -0.3 is 5.11 Å². The third-order valence-electron chi connectivity index (χ3n) is 5.74. The van der Waals surface area contributed by atoms with Crippen molar-refractivity contribution in [1.82, 2.24) is 14.7 Å². The number of likely N-dealkylation sites (tertiary alicyclic amines) is 1. The molecule has 4 rings (SSSR count). The van der Waals surface area contributed by atoms with Gasteiger partial charge in [-0.3, -0.25) is 9.58 Å². The van der Waals surface area contributed by atoms with Gasteiger partial charge in [0.25, 0.3) is 0 Å². The van der Waals surface area contributed by atoms with Crippen molar-refractivity contribution in [1.29, 1.82) is 0 Å². The summed E-state index contributed by atoms with van der Waals surface area (Å²) in [6.45, 7) is 3.02.